The molecule has 0 spiro atoms. The number of nitrogens with zero attached hydrogens (tertiary/aromatic N) is 2. The molecule has 9 heteroatoms. The lowest BCUT2D eigenvalue weighted by atomic mass is 10.2. The van der Waals surface area contributed by atoms with Gasteiger partial charge >= 0.3 is 5.97 Å². The number of ether oxygens (including phenoxy) is 1. The molecule has 1 aromatic carbocycles. The Hall–Kier alpha value is -2.84. The maximum Gasteiger partial charge on any atom is 0.341 e. The zero-order valence-electron chi connectivity index (χ0n) is 15.7. The van der Waals surface area contributed by atoms with Gasteiger partial charge in [0, 0.05) is 18.0 Å². The average molecular weight is 432 g/mol. The van der Waals surface area contributed by atoms with Gasteiger partial charge in [0.05, 0.1) is 22.0 Å². The van der Waals surface area contributed by atoms with Crippen molar-refractivity contribution in [2.75, 3.05) is 5.32 Å². The number of halogens is 1. The van der Waals surface area contributed by atoms with Gasteiger partial charge in [-0.1, -0.05) is 40.7 Å². The molecule has 0 aliphatic rings. The van der Waals surface area contributed by atoms with Gasteiger partial charge in [0.25, 0.3) is 5.91 Å². The molecule has 1 N–H and O–H groups in total. The van der Waals surface area contributed by atoms with Gasteiger partial charge in [0.1, 0.15) is 10.8 Å². The Morgan fingerprint density at radius 2 is 2.07 bits per heavy atom. The minimum absolute atomic E-state index is 0.273. The van der Waals surface area contributed by atoms with Crippen LogP contribution in [0.3, 0.4) is 0 Å². The summed E-state index contributed by atoms with van der Waals surface area (Å²) in [6.45, 7) is 3.30. The van der Waals surface area contributed by atoms with Gasteiger partial charge in [-0.2, -0.15) is 0 Å². The molecule has 150 valence electrons. The van der Waals surface area contributed by atoms with E-state index < -0.39 is 18.0 Å². The fraction of sp³-hybridized carbons (Fsp3) is 0.200. The maximum absolute atomic E-state index is 12.6. The number of para-hydroxylation sites is 1. The number of benzene rings is 1. The van der Waals surface area contributed by atoms with Gasteiger partial charge in [0.15, 0.2) is 6.10 Å². The molecule has 0 fully saturated rings. The van der Waals surface area contributed by atoms with Gasteiger partial charge in [-0.3, -0.25) is 4.79 Å². The fourth-order valence-electron chi connectivity index (χ4n) is 2.36. The van der Waals surface area contributed by atoms with Crippen molar-refractivity contribution in [3.8, 4) is 0 Å². The van der Waals surface area contributed by atoms with Crippen LogP contribution < -0.4 is 5.32 Å². The second kappa shape index (κ2) is 9.58. The van der Waals surface area contributed by atoms with Crippen molar-refractivity contribution < 1.29 is 18.8 Å². The van der Waals surface area contributed by atoms with Crippen LogP contribution in [0.1, 0.15) is 28.7 Å². The summed E-state index contributed by atoms with van der Waals surface area (Å²) in [5.41, 5.74) is 1.46. The molecule has 7 nitrogen and oxygen atoms in total. The zero-order valence-corrected chi connectivity index (χ0v) is 17.3. The predicted molar refractivity (Wildman–Crippen MR) is 110 cm³/mol. The van der Waals surface area contributed by atoms with Crippen LogP contribution in [0, 0.1) is 6.92 Å². The van der Waals surface area contributed by atoms with Gasteiger partial charge in [0.2, 0.25) is 0 Å². The topological polar surface area (TPSA) is 94.3 Å². The molecule has 3 aromatic rings. The number of anilines is 1. The van der Waals surface area contributed by atoms with Crippen LogP contribution in [0.5, 0.6) is 0 Å². The minimum Gasteiger partial charge on any atom is -0.449 e. The number of pyridine rings is 1. The van der Waals surface area contributed by atoms with Gasteiger partial charge < -0.3 is 14.6 Å². The Balaban J connectivity index is 1.64. The molecule has 3 rings (SSSR count). The average Bonchev–Trinajstić information content (AvgIpc) is 3.13. The molecule has 0 saturated heterocycles. The third kappa shape index (κ3) is 5.58. The Kier molecular flexibility index (Phi) is 6.90. The van der Waals surface area contributed by atoms with Crippen LogP contribution in [0.2, 0.25) is 5.02 Å². The van der Waals surface area contributed by atoms with Crippen LogP contribution in [0.25, 0.3) is 0 Å². The lowest BCUT2D eigenvalue weighted by molar-refractivity contribution is -0.123. The Morgan fingerprint density at radius 1 is 1.28 bits per heavy atom. The van der Waals surface area contributed by atoms with Gasteiger partial charge in [-0.15, -0.1) is 0 Å². The lowest BCUT2D eigenvalue weighted by Gasteiger charge is -2.15. The number of nitrogens with one attached hydrogen (secondary N) is 1. The third-order valence-electron chi connectivity index (χ3n) is 3.81. The summed E-state index contributed by atoms with van der Waals surface area (Å²) in [5.74, 6) is 0.0675. The van der Waals surface area contributed by atoms with E-state index in [4.69, 9.17) is 20.9 Å². The number of esters is 1. The molecular formula is C20H18ClN3O4S. The molecule has 1 atom stereocenters. The molecule has 29 heavy (non-hydrogen) atoms. The van der Waals surface area contributed by atoms with E-state index in [9.17, 15) is 9.59 Å². The highest BCUT2D eigenvalue weighted by molar-refractivity contribution is 7.98. The molecule has 0 bridgehead atoms. The highest BCUT2D eigenvalue weighted by atomic mass is 35.5. The molecule has 0 aliphatic heterocycles. The first kappa shape index (κ1) is 20.9. The number of carbonyl (C=O) groups is 2. The van der Waals surface area contributed by atoms with E-state index in [1.807, 2.05) is 6.07 Å². The molecule has 0 radical (unpaired) electrons. The van der Waals surface area contributed by atoms with E-state index in [2.05, 4.69) is 15.5 Å². The second-order valence-corrected chi connectivity index (χ2v) is 7.46. The van der Waals surface area contributed by atoms with Crippen LogP contribution in [-0.4, -0.2) is 28.1 Å². The molecule has 0 saturated carbocycles. The highest BCUT2D eigenvalue weighted by Crippen LogP contribution is 2.25. The maximum atomic E-state index is 12.6. The first-order chi connectivity index (χ1) is 13.9. The largest absolute Gasteiger partial charge is 0.449 e. The van der Waals surface area contributed by atoms with Gasteiger partial charge in [-0.25, -0.2) is 9.78 Å². The minimum atomic E-state index is -1.02. The summed E-state index contributed by atoms with van der Waals surface area (Å²) >= 11 is 7.37. The normalized spacial score (nSPS) is 11.7. The SMILES string of the molecule is Cc1cc(CSc2ncccc2C(=O)OC(C)C(=O)Nc2ccccc2Cl)no1. The summed E-state index contributed by atoms with van der Waals surface area (Å²) in [6, 6.07) is 11.9. The first-order valence-corrected chi connectivity index (χ1v) is 10.1. The smallest absolute Gasteiger partial charge is 0.341 e. The number of thioether (sulfide) groups is 1. The summed E-state index contributed by atoms with van der Waals surface area (Å²) in [6.07, 6.45) is 0.566. The predicted octanol–water partition coefficient (Wildman–Crippen LogP) is 4.51. The molecular weight excluding hydrogens is 414 g/mol. The second-order valence-electron chi connectivity index (χ2n) is 6.09. The highest BCUT2D eigenvalue weighted by Gasteiger charge is 2.22. The summed E-state index contributed by atoms with van der Waals surface area (Å²) in [7, 11) is 0. The molecule has 2 aromatic heterocycles. The van der Waals surface area contributed by atoms with E-state index in [1.165, 1.54) is 18.7 Å². The number of hydrogen-bond donors (Lipinski definition) is 1. The summed E-state index contributed by atoms with van der Waals surface area (Å²) in [4.78, 5) is 29.2. The summed E-state index contributed by atoms with van der Waals surface area (Å²) < 4.78 is 10.4. The molecule has 1 amide bonds. The van der Waals surface area contributed by atoms with E-state index in [1.54, 1.807) is 49.5 Å². The number of rotatable bonds is 7. The molecule has 2 heterocycles. The molecule has 0 aliphatic carbocycles. The zero-order chi connectivity index (χ0) is 20.8. The standard InChI is InChI=1S/C20H18ClN3O4S/c1-12-10-14(24-28-12)11-29-19-15(6-5-9-22-19)20(26)27-13(2)18(25)23-17-8-4-3-7-16(17)21/h3-10,13H,11H2,1-2H3,(H,23,25). The van der Waals surface area contributed by atoms with Crippen molar-refractivity contribution in [1.29, 1.82) is 0 Å². The van der Waals surface area contributed by atoms with Gasteiger partial charge in [-0.05, 0) is 38.1 Å². The van der Waals surface area contributed by atoms with E-state index in [0.29, 0.717) is 27.2 Å². The Bertz CT molecular complexity index is 1020. The Morgan fingerprint density at radius 3 is 2.79 bits per heavy atom. The number of hydrogen-bond acceptors (Lipinski definition) is 7. The Labute approximate surface area is 176 Å². The van der Waals surface area contributed by atoms with Crippen molar-refractivity contribution in [3.63, 3.8) is 0 Å². The first-order valence-electron chi connectivity index (χ1n) is 8.70. The summed E-state index contributed by atoms with van der Waals surface area (Å²) in [5, 5.41) is 7.44. The van der Waals surface area contributed by atoms with Crippen LogP contribution in [0.4, 0.5) is 5.69 Å². The number of amides is 1. The molecule has 1 unspecified atom stereocenters. The van der Waals surface area contributed by atoms with Crippen LogP contribution in [0.15, 0.2) is 58.2 Å². The van der Waals surface area contributed by atoms with Crippen molar-refractivity contribution in [2.24, 2.45) is 0 Å². The van der Waals surface area contributed by atoms with E-state index in [0.717, 1.165) is 5.69 Å². The number of aryl methyl sites for hydroxylation is 1. The quantitative estimate of drug-likeness (QED) is 0.434. The van der Waals surface area contributed by atoms with E-state index in [-0.39, 0.29) is 5.56 Å². The van der Waals surface area contributed by atoms with Crippen molar-refractivity contribution in [3.05, 3.63) is 70.7 Å². The van der Waals surface area contributed by atoms with Crippen molar-refractivity contribution in [2.45, 2.75) is 30.7 Å². The monoisotopic (exact) mass is 431 g/mol. The lowest BCUT2D eigenvalue weighted by Crippen LogP contribution is -2.30. The number of aromatic nitrogens is 2. The third-order valence-corrected chi connectivity index (χ3v) is 5.18. The van der Waals surface area contributed by atoms with E-state index >= 15 is 0 Å². The fourth-order valence-corrected chi connectivity index (χ4v) is 3.41. The van der Waals surface area contributed by atoms with Crippen molar-refractivity contribution in [1.82, 2.24) is 10.1 Å². The van der Waals surface area contributed by atoms with Crippen LogP contribution in [-0.2, 0) is 15.3 Å². The van der Waals surface area contributed by atoms with Crippen LogP contribution >= 0.6 is 23.4 Å². The number of carbonyl (C=O) groups excluding carboxylic acids is 2. The van der Waals surface area contributed by atoms with Crippen molar-refractivity contribution >= 4 is 40.9 Å².